The van der Waals surface area contributed by atoms with Gasteiger partial charge in [0.15, 0.2) is 0 Å². The normalized spacial score (nSPS) is 18.5. The van der Waals surface area contributed by atoms with Crippen LogP contribution in [0, 0.1) is 0 Å². The second-order valence-electron chi connectivity index (χ2n) is 3.62. The molecule has 2 heterocycles. The van der Waals surface area contributed by atoms with E-state index in [2.05, 4.69) is 5.32 Å². The number of halogens is 1. The summed E-state index contributed by atoms with van der Waals surface area (Å²) in [5, 5.41) is 2.52. The molecule has 1 fully saturated rings. The Labute approximate surface area is 102 Å². The van der Waals surface area contributed by atoms with Gasteiger partial charge in [0.2, 0.25) is 11.8 Å². The lowest BCUT2D eigenvalue weighted by Gasteiger charge is -2.31. The van der Waals surface area contributed by atoms with Gasteiger partial charge in [-0.1, -0.05) is 11.6 Å². The van der Waals surface area contributed by atoms with E-state index < -0.39 is 0 Å². The molecule has 0 spiro atoms. The quantitative estimate of drug-likeness (QED) is 0.872. The molecule has 0 aromatic carbocycles. The SMILES string of the molecule is CC(c1ccc(Cl)s1)N1CC(=O)NCC1=O. The van der Waals surface area contributed by atoms with Gasteiger partial charge in [-0.3, -0.25) is 9.59 Å². The molecular weight excluding hydrogens is 248 g/mol. The Morgan fingerprint density at radius 1 is 1.50 bits per heavy atom. The molecule has 86 valence electrons. The van der Waals surface area contributed by atoms with Gasteiger partial charge in [-0.05, 0) is 19.1 Å². The maximum Gasteiger partial charge on any atom is 0.242 e. The summed E-state index contributed by atoms with van der Waals surface area (Å²) in [7, 11) is 0. The van der Waals surface area contributed by atoms with E-state index in [0.29, 0.717) is 4.34 Å². The largest absolute Gasteiger partial charge is 0.345 e. The maximum absolute atomic E-state index is 11.6. The van der Waals surface area contributed by atoms with Crippen LogP contribution in [0.2, 0.25) is 4.34 Å². The molecule has 1 N–H and O–H groups in total. The van der Waals surface area contributed by atoms with E-state index in [1.807, 2.05) is 13.0 Å². The van der Waals surface area contributed by atoms with Crippen LogP contribution in [-0.4, -0.2) is 29.8 Å². The van der Waals surface area contributed by atoms with Gasteiger partial charge in [0.05, 0.1) is 16.9 Å². The highest BCUT2D eigenvalue weighted by Crippen LogP contribution is 2.30. The molecule has 1 aromatic rings. The second-order valence-corrected chi connectivity index (χ2v) is 5.36. The van der Waals surface area contributed by atoms with Gasteiger partial charge >= 0.3 is 0 Å². The third-order valence-corrected chi connectivity index (χ3v) is 3.95. The Morgan fingerprint density at radius 3 is 2.88 bits per heavy atom. The van der Waals surface area contributed by atoms with E-state index in [-0.39, 0.29) is 30.9 Å². The zero-order valence-electron chi connectivity index (χ0n) is 8.70. The topological polar surface area (TPSA) is 49.4 Å². The van der Waals surface area contributed by atoms with Crippen molar-refractivity contribution in [2.24, 2.45) is 0 Å². The lowest BCUT2D eigenvalue weighted by Crippen LogP contribution is -2.52. The summed E-state index contributed by atoms with van der Waals surface area (Å²) in [6.45, 7) is 2.11. The van der Waals surface area contributed by atoms with Crippen LogP contribution in [0.5, 0.6) is 0 Å². The van der Waals surface area contributed by atoms with E-state index in [1.165, 1.54) is 11.3 Å². The molecule has 6 heteroatoms. The predicted octanol–water partition coefficient (Wildman–Crippen LogP) is 1.42. The summed E-state index contributed by atoms with van der Waals surface area (Å²) in [6.07, 6.45) is 0. The van der Waals surface area contributed by atoms with Gasteiger partial charge in [-0.2, -0.15) is 0 Å². The van der Waals surface area contributed by atoms with E-state index >= 15 is 0 Å². The third-order valence-electron chi connectivity index (χ3n) is 2.54. The number of nitrogens with one attached hydrogen (secondary N) is 1. The summed E-state index contributed by atoms with van der Waals surface area (Å²) in [4.78, 5) is 25.4. The lowest BCUT2D eigenvalue weighted by atomic mass is 10.2. The van der Waals surface area contributed by atoms with Crippen molar-refractivity contribution in [3.05, 3.63) is 21.3 Å². The number of thiophene rings is 1. The van der Waals surface area contributed by atoms with Crippen LogP contribution < -0.4 is 5.32 Å². The standard InChI is InChI=1S/C10H11ClN2O2S/c1-6(7-2-3-8(11)16-7)13-5-9(14)12-4-10(13)15/h2-3,6H,4-5H2,1H3,(H,12,14). The molecule has 1 aliphatic rings. The van der Waals surface area contributed by atoms with Crippen LogP contribution in [0.15, 0.2) is 12.1 Å². The van der Waals surface area contributed by atoms with Crippen LogP contribution in [0.3, 0.4) is 0 Å². The van der Waals surface area contributed by atoms with Gasteiger partial charge in [-0.25, -0.2) is 0 Å². The third kappa shape index (κ3) is 2.20. The molecule has 1 saturated heterocycles. The molecule has 2 amide bonds. The van der Waals surface area contributed by atoms with E-state index in [1.54, 1.807) is 11.0 Å². The number of carbonyl (C=O) groups is 2. The van der Waals surface area contributed by atoms with E-state index in [9.17, 15) is 9.59 Å². The number of hydrogen-bond acceptors (Lipinski definition) is 3. The first-order valence-electron chi connectivity index (χ1n) is 4.89. The minimum Gasteiger partial charge on any atom is -0.345 e. The Balaban J connectivity index is 2.17. The minimum atomic E-state index is -0.117. The van der Waals surface area contributed by atoms with Gasteiger partial charge < -0.3 is 10.2 Å². The van der Waals surface area contributed by atoms with Crippen LogP contribution in [0.4, 0.5) is 0 Å². The molecule has 1 aliphatic heterocycles. The minimum absolute atomic E-state index is 0.0587. The predicted molar refractivity (Wildman–Crippen MR) is 62.5 cm³/mol. The average Bonchev–Trinajstić information content (AvgIpc) is 2.67. The van der Waals surface area contributed by atoms with Crippen molar-refractivity contribution in [1.29, 1.82) is 0 Å². The first-order valence-corrected chi connectivity index (χ1v) is 6.09. The van der Waals surface area contributed by atoms with Crippen LogP contribution in [-0.2, 0) is 9.59 Å². The zero-order chi connectivity index (χ0) is 11.7. The second kappa shape index (κ2) is 4.43. The van der Waals surface area contributed by atoms with Crippen molar-refractivity contribution in [3.8, 4) is 0 Å². The number of hydrogen-bond donors (Lipinski definition) is 1. The summed E-state index contributed by atoms with van der Waals surface area (Å²) in [6, 6.07) is 3.58. The van der Waals surface area contributed by atoms with Crippen molar-refractivity contribution >= 4 is 34.8 Å². The molecule has 1 aromatic heterocycles. The van der Waals surface area contributed by atoms with Crippen LogP contribution in [0.1, 0.15) is 17.8 Å². The fourth-order valence-corrected chi connectivity index (χ4v) is 2.76. The Morgan fingerprint density at radius 2 is 2.25 bits per heavy atom. The molecule has 0 radical (unpaired) electrons. The highest BCUT2D eigenvalue weighted by molar-refractivity contribution is 7.16. The van der Waals surface area contributed by atoms with Crippen molar-refractivity contribution in [1.82, 2.24) is 10.2 Å². The fourth-order valence-electron chi connectivity index (χ4n) is 1.63. The number of amides is 2. The molecule has 4 nitrogen and oxygen atoms in total. The smallest absolute Gasteiger partial charge is 0.242 e. The van der Waals surface area contributed by atoms with Gasteiger partial charge in [-0.15, -0.1) is 11.3 Å². The Kier molecular flexibility index (Phi) is 3.16. The van der Waals surface area contributed by atoms with Crippen LogP contribution in [0.25, 0.3) is 0 Å². The number of piperazine rings is 1. The lowest BCUT2D eigenvalue weighted by molar-refractivity contribution is -0.142. The Bertz CT molecular complexity index is 432. The monoisotopic (exact) mass is 258 g/mol. The van der Waals surface area contributed by atoms with Crippen molar-refractivity contribution < 1.29 is 9.59 Å². The number of nitrogens with zero attached hydrogens (tertiary/aromatic N) is 1. The molecule has 0 aliphatic carbocycles. The zero-order valence-corrected chi connectivity index (χ0v) is 10.3. The van der Waals surface area contributed by atoms with Gasteiger partial charge in [0.1, 0.15) is 6.54 Å². The summed E-state index contributed by atoms with van der Waals surface area (Å²) >= 11 is 7.28. The fraction of sp³-hybridized carbons (Fsp3) is 0.400. The van der Waals surface area contributed by atoms with Crippen LogP contribution >= 0.6 is 22.9 Å². The summed E-state index contributed by atoms with van der Waals surface area (Å²) in [5.41, 5.74) is 0. The molecule has 16 heavy (non-hydrogen) atoms. The van der Waals surface area contributed by atoms with Gasteiger partial charge in [0.25, 0.3) is 0 Å². The average molecular weight is 259 g/mol. The maximum atomic E-state index is 11.6. The first kappa shape index (κ1) is 11.4. The van der Waals surface area contributed by atoms with Crippen molar-refractivity contribution in [3.63, 3.8) is 0 Å². The molecule has 0 saturated carbocycles. The Hall–Kier alpha value is -1.07. The molecule has 2 rings (SSSR count). The van der Waals surface area contributed by atoms with E-state index in [0.717, 1.165) is 4.88 Å². The molecule has 1 atom stereocenters. The molecule has 0 bridgehead atoms. The van der Waals surface area contributed by atoms with Crippen molar-refractivity contribution in [2.45, 2.75) is 13.0 Å². The molecule has 1 unspecified atom stereocenters. The number of carbonyl (C=O) groups excluding carboxylic acids is 2. The summed E-state index contributed by atoms with van der Waals surface area (Å²) in [5.74, 6) is -0.175. The summed E-state index contributed by atoms with van der Waals surface area (Å²) < 4.78 is 0.691. The molecular formula is C10H11ClN2O2S. The number of rotatable bonds is 2. The van der Waals surface area contributed by atoms with Gasteiger partial charge in [0, 0.05) is 4.88 Å². The highest BCUT2D eigenvalue weighted by Gasteiger charge is 2.28. The highest BCUT2D eigenvalue weighted by atomic mass is 35.5. The van der Waals surface area contributed by atoms with E-state index in [4.69, 9.17) is 11.6 Å². The first-order chi connectivity index (χ1) is 7.58. The van der Waals surface area contributed by atoms with Crippen molar-refractivity contribution in [2.75, 3.05) is 13.1 Å².